The fourth-order valence-corrected chi connectivity index (χ4v) is 1.56. The molecule has 1 aliphatic rings. The third-order valence-electron chi connectivity index (χ3n) is 3.20. The van der Waals surface area contributed by atoms with Crippen LogP contribution in [-0.2, 0) is 18.6 Å². The van der Waals surface area contributed by atoms with Crippen molar-refractivity contribution in [1.82, 2.24) is 0 Å². The summed E-state index contributed by atoms with van der Waals surface area (Å²) in [6, 6.07) is 0. The molecule has 1 saturated heterocycles. The van der Waals surface area contributed by atoms with Crippen molar-refractivity contribution in [2.24, 2.45) is 0 Å². The average Bonchev–Trinajstić information content (AvgIpc) is 2.30. The van der Waals surface area contributed by atoms with Crippen LogP contribution in [0.1, 0.15) is 48.5 Å². The summed E-state index contributed by atoms with van der Waals surface area (Å²) in [7, 11) is 0.585. The lowest BCUT2D eigenvalue weighted by Gasteiger charge is -2.32. The predicted molar refractivity (Wildman–Crippen MR) is 69.7 cm³/mol. The van der Waals surface area contributed by atoms with Crippen LogP contribution in [0, 0.1) is 0 Å². The molecule has 0 N–H and O–H groups in total. The fraction of sp³-hybridized carbons (Fsp3) is 1.00. The molecule has 1 rings (SSSR count). The first-order chi connectivity index (χ1) is 7.48. The molecule has 98 valence electrons. The summed E-state index contributed by atoms with van der Waals surface area (Å²) in [6.45, 7) is 14.0. The van der Waals surface area contributed by atoms with Crippen molar-refractivity contribution in [3.8, 4) is 0 Å². The van der Waals surface area contributed by atoms with Crippen LogP contribution < -0.4 is 0 Å². The van der Waals surface area contributed by atoms with Crippen molar-refractivity contribution in [3.63, 3.8) is 0 Å². The summed E-state index contributed by atoms with van der Waals surface area (Å²) in [5, 5.41) is 0. The molecule has 0 aromatic heterocycles. The van der Waals surface area contributed by atoms with E-state index in [4.69, 9.17) is 18.6 Å². The van der Waals surface area contributed by atoms with E-state index in [0.717, 1.165) is 0 Å². The van der Waals surface area contributed by atoms with Gasteiger partial charge in [0.25, 0.3) is 0 Å². The Morgan fingerprint density at radius 1 is 1.00 bits per heavy atom. The molecule has 1 fully saturated rings. The minimum absolute atomic E-state index is 0.301. The quantitative estimate of drug-likeness (QED) is 0.710. The predicted octanol–water partition coefficient (Wildman–Crippen LogP) is 2.11. The van der Waals surface area contributed by atoms with Crippen LogP contribution in [0.4, 0.5) is 0 Å². The van der Waals surface area contributed by atoms with Crippen molar-refractivity contribution in [2.45, 2.75) is 65.3 Å². The van der Waals surface area contributed by atoms with Crippen molar-refractivity contribution in [1.29, 1.82) is 0 Å². The van der Waals surface area contributed by atoms with Gasteiger partial charge in [-0.1, -0.05) is 0 Å². The monoisotopic (exact) mass is 242 g/mol. The standard InChI is InChI=1S/C11H24B2O4/c1-9(2,3)15-12(14-8)13-16-10(4,5)11(6,7)17-13/h1-8H3. The Balaban J connectivity index is 2.74. The van der Waals surface area contributed by atoms with E-state index < -0.39 is 14.0 Å². The molecule has 6 heteroatoms. The van der Waals surface area contributed by atoms with Crippen LogP contribution in [0.5, 0.6) is 0 Å². The van der Waals surface area contributed by atoms with Crippen LogP contribution >= 0.6 is 0 Å². The van der Waals surface area contributed by atoms with E-state index in [1.54, 1.807) is 7.11 Å². The molecule has 0 saturated carbocycles. The molecule has 0 atom stereocenters. The second kappa shape index (κ2) is 4.57. The number of rotatable bonds is 3. The maximum atomic E-state index is 5.89. The molecule has 1 heterocycles. The molecule has 0 unspecified atom stereocenters. The molecular formula is C11H24B2O4. The first kappa shape index (κ1) is 15.0. The Kier molecular flexibility index (Phi) is 4.04. The Morgan fingerprint density at radius 2 is 1.41 bits per heavy atom. The lowest BCUT2D eigenvalue weighted by atomic mass is 9.48. The second-order valence-electron chi connectivity index (χ2n) is 6.46. The molecule has 0 bridgehead atoms. The average molecular weight is 242 g/mol. The molecule has 0 spiro atoms. The van der Waals surface area contributed by atoms with E-state index in [0.29, 0.717) is 0 Å². The summed E-state index contributed by atoms with van der Waals surface area (Å²) in [6.07, 6.45) is 0. The maximum Gasteiger partial charge on any atom is 0.488 e. The first-order valence-corrected chi connectivity index (χ1v) is 6.05. The van der Waals surface area contributed by atoms with Gasteiger partial charge in [-0.2, -0.15) is 0 Å². The van der Waals surface area contributed by atoms with Gasteiger partial charge in [0.15, 0.2) is 0 Å². The molecule has 0 aromatic carbocycles. The van der Waals surface area contributed by atoms with Gasteiger partial charge in [0.1, 0.15) is 0 Å². The van der Waals surface area contributed by atoms with Gasteiger partial charge in [0.2, 0.25) is 0 Å². The normalized spacial score (nSPS) is 22.9. The lowest BCUT2D eigenvalue weighted by molar-refractivity contribution is 0.00578. The van der Waals surface area contributed by atoms with Crippen molar-refractivity contribution in [2.75, 3.05) is 7.11 Å². The van der Waals surface area contributed by atoms with E-state index in [2.05, 4.69) is 0 Å². The number of hydrogen-bond donors (Lipinski definition) is 0. The molecule has 0 radical (unpaired) electrons. The number of hydrogen-bond acceptors (Lipinski definition) is 4. The van der Waals surface area contributed by atoms with Gasteiger partial charge in [-0.25, -0.2) is 0 Å². The highest BCUT2D eigenvalue weighted by atomic mass is 16.7. The third kappa shape index (κ3) is 3.47. The van der Waals surface area contributed by atoms with E-state index in [9.17, 15) is 0 Å². The molecule has 17 heavy (non-hydrogen) atoms. The van der Waals surface area contributed by atoms with Gasteiger partial charge in [-0.3, -0.25) is 0 Å². The van der Waals surface area contributed by atoms with Gasteiger partial charge in [-0.15, -0.1) is 0 Å². The van der Waals surface area contributed by atoms with Crippen LogP contribution in [-0.4, -0.2) is 37.9 Å². The lowest BCUT2D eigenvalue weighted by Crippen LogP contribution is -2.47. The van der Waals surface area contributed by atoms with Gasteiger partial charge in [0, 0.05) is 12.7 Å². The van der Waals surface area contributed by atoms with Crippen LogP contribution in [0.2, 0.25) is 0 Å². The van der Waals surface area contributed by atoms with Crippen LogP contribution in [0.15, 0.2) is 0 Å². The van der Waals surface area contributed by atoms with Crippen molar-refractivity contribution in [3.05, 3.63) is 0 Å². The van der Waals surface area contributed by atoms with E-state index >= 15 is 0 Å². The van der Waals surface area contributed by atoms with Gasteiger partial charge >= 0.3 is 14.0 Å². The molecular weight excluding hydrogens is 218 g/mol. The minimum Gasteiger partial charge on any atom is -0.416 e. The molecule has 0 amide bonds. The summed E-state index contributed by atoms with van der Waals surface area (Å²) in [4.78, 5) is 0. The Morgan fingerprint density at radius 3 is 1.71 bits per heavy atom. The Hall–Kier alpha value is -0.0301. The van der Waals surface area contributed by atoms with Gasteiger partial charge in [-0.05, 0) is 48.5 Å². The highest BCUT2D eigenvalue weighted by molar-refractivity contribution is 7.11. The highest BCUT2D eigenvalue weighted by Crippen LogP contribution is 2.37. The van der Waals surface area contributed by atoms with Crippen LogP contribution in [0.25, 0.3) is 0 Å². The third-order valence-corrected chi connectivity index (χ3v) is 3.20. The van der Waals surface area contributed by atoms with Crippen molar-refractivity contribution < 1.29 is 18.6 Å². The molecule has 1 aliphatic heterocycles. The summed E-state index contributed by atoms with van der Waals surface area (Å²) in [5.41, 5.74) is -1.03. The second-order valence-corrected chi connectivity index (χ2v) is 6.46. The summed E-state index contributed by atoms with van der Waals surface area (Å²) >= 11 is 0. The zero-order chi connectivity index (χ0) is 13.5. The van der Waals surface area contributed by atoms with E-state index in [-0.39, 0.29) is 16.8 Å². The largest absolute Gasteiger partial charge is 0.488 e. The summed E-state index contributed by atoms with van der Waals surface area (Å²) < 4.78 is 22.9. The molecule has 0 aliphatic carbocycles. The first-order valence-electron chi connectivity index (χ1n) is 6.05. The summed E-state index contributed by atoms with van der Waals surface area (Å²) in [5.74, 6) is 0. The van der Waals surface area contributed by atoms with Crippen molar-refractivity contribution >= 4 is 14.0 Å². The zero-order valence-electron chi connectivity index (χ0n) is 12.3. The maximum absolute atomic E-state index is 5.89. The van der Waals surface area contributed by atoms with Crippen LogP contribution in [0.3, 0.4) is 0 Å². The highest BCUT2D eigenvalue weighted by Gasteiger charge is 2.57. The Bertz CT molecular complexity index is 257. The minimum atomic E-state index is -0.518. The smallest absolute Gasteiger partial charge is 0.416 e. The zero-order valence-corrected chi connectivity index (χ0v) is 12.3. The van der Waals surface area contributed by atoms with E-state index in [1.807, 2.05) is 48.5 Å². The SMILES string of the molecule is COB(OC(C)(C)C)B1OC(C)(C)C(C)(C)O1. The fourth-order valence-electron chi connectivity index (χ4n) is 1.56. The topological polar surface area (TPSA) is 36.9 Å². The van der Waals surface area contributed by atoms with E-state index in [1.165, 1.54) is 0 Å². The molecule has 4 nitrogen and oxygen atoms in total. The van der Waals surface area contributed by atoms with Gasteiger partial charge in [0.05, 0.1) is 11.2 Å². The Labute approximate surface area is 106 Å². The van der Waals surface area contributed by atoms with Gasteiger partial charge < -0.3 is 18.6 Å². The molecule has 0 aromatic rings.